The Balaban J connectivity index is 2.94. The van der Waals surface area contributed by atoms with Crippen LogP contribution in [-0.4, -0.2) is 27.0 Å². The molecule has 0 atom stereocenters. The number of sulfonamides is 1. The van der Waals surface area contributed by atoms with Crippen LogP contribution in [0.1, 0.15) is 27.2 Å². The fourth-order valence-electron chi connectivity index (χ4n) is 1.29. The van der Waals surface area contributed by atoms with Crippen molar-refractivity contribution in [2.45, 2.75) is 32.1 Å². The summed E-state index contributed by atoms with van der Waals surface area (Å²) >= 11 is 0. The zero-order chi connectivity index (χ0) is 13.8. The summed E-state index contributed by atoms with van der Waals surface area (Å²) in [4.78, 5) is 4.04. The molecular formula is C12H21N3O2S. The van der Waals surface area contributed by atoms with E-state index in [4.69, 9.17) is 0 Å². The zero-order valence-corrected chi connectivity index (χ0v) is 12.1. The Kier molecular flexibility index (Phi) is 4.70. The summed E-state index contributed by atoms with van der Waals surface area (Å²) in [6.45, 7) is 6.50. The SMILES string of the molecule is CCC(C)(C)CNS(=O)(=O)c1cnccc1NC. The van der Waals surface area contributed by atoms with E-state index < -0.39 is 10.0 Å². The van der Waals surface area contributed by atoms with Gasteiger partial charge in [-0.1, -0.05) is 20.8 Å². The van der Waals surface area contributed by atoms with Gasteiger partial charge < -0.3 is 5.32 Å². The summed E-state index contributed by atoms with van der Waals surface area (Å²) in [7, 11) is -1.84. The molecule has 2 N–H and O–H groups in total. The lowest BCUT2D eigenvalue weighted by Crippen LogP contribution is -2.34. The van der Waals surface area contributed by atoms with Crippen LogP contribution in [0.4, 0.5) is 5.69 Å². The van der Waals surface area contributed by atoms with E-state index in [9.17, 15) is 8.42 Å². The summed E-state index contributed by atoms with van der Waals surface area (Å²) in [6, 6.07) is 1.64. The van der Waals surface area contributed by atoms with E-state index in [1.165, 1.54) is 6.20 Å². The van der Waals surface area contributed by atoms with Crippen molar-refractivity contribution in [3.63, 3.8) is 0 Å². The van der Waals surface area contributed by atoms with Crippen LogP contribution in [0, 0.1) is 5.41 Å². The van der Waals surface area contributed by atoms with Crippen molar-refractivity contribution < 1.29 is 8.42 Å². The van der Waals surface area contributed by atoms with Gasteiger partial charge in [-0.05, 0) is 17.9 Å². The lowest BCUT2D eigenvalue weighted by molar-refractivity contribution is 0.350. The highest BCUT2D eigenvalue weighted by Gasteiger charge is 2.22. The minimum atomic E-state index is -3.52. The van der Waals surface area contributed by atoms with Gasteiger partial charge in [0.2, 0.25) is 10.0 Å². The molecule has 0 aliphatic rings. The maximum atomic E-state index is 12.2. The van der Waals surface area contributed by atoms with Crippen LogP contribution in [0.25, 0.3) is 0 Å². The number of nitrogens with one attached hydrogen (secondary N) is 2. The van der Waals surface area contributed by atoms with Crippen molar-refractivity contribution in [1.82, 2.24) is 9.71 Å². The fraction of sp³-hybridized carbons (Fsp3) is 0.583. The molecule has 0 bridgehead atoms. The normalized spacial score (nSPS) is 12.4. The first kappa shape index (κ1) is 14.9. The first-order chi connectivity index (χ1) is 8.32. The molecule has 1 aromatic heterocycles. The molecule has 5 nitrogen and oxygen atoms in total. The highest BCUT2D eigenvalue weighted by atomic mass is 32.2. The Labute approximate surface area is 109 Å². The zero-order valence-electron chi connectivity index (χ0n) is 11.3. The number of pyridine rings is 1. The molecule has 1 rings (SSSR count). The van der Waals surface area contributed by atoms with Gasteiger partial charge in [0, 0.05) is 26.0 Å². The molecule has 0 aliphatic heterocycles. The summed E-state index contributed by atoms with van der Waals surface area (Å²) in [5.41, 5.74) is 0.488. The lowest BCUT2D eigenvalue weighted by Gasteiger charge is -2.23. The van der Waals surface area contributed by atoms with Gasteiger partial charge in [0.25, 0.3) is 0 Å². The number of anilines is 1. The van der Waals surface area contributed by atoms with Crippen LogP contribution in [0.3, 0.4) is 0 Å². The van der Waals surface area contributed by atoms with Crippen molar-refractivity contribution in [3.05, 3.63) is 18.5 Å². The third-order valence-electron chi connectivity index (χ3n) is 3.04. The molecule has 0 radical (unpaired) electrons. The van der Waals surface area contributed by atoms with Crippen LogP contribution < -0.4 is 10.0 Å². The maximum absolute atomic E-state index is 12.2. The van der Waals surface area contributed by atoms with Gasteiger partial charge in [-0.25, -0.2) is 13.1 Å². The van der Waals surface area contributed by atoms with Crippen LogP contribution in [0.15, 0.2) is 23.4 Å². The van der Waals surface area contributed by atoms with Crippen LogP contribution in [0.5, 0.6) is 0 Å². The molecular weight excluding hydrogens is 250 g/mol. The van der Waals surface area contributed by atoms with Crippen molar-refractivity contribution in [2.24, 2.45) is 5.41 Å². The number of hydrogen-bond acceptors (Lipinski definition) is 4. The van der Waals surface area contributed by atoms with E-state index in [0.29, 0.717) is 12.2 Å². The molecule has 6 heteroatoms. The molecule has 0 fully saturated rings. The van der Waals surface area contributed by atoms with E-state index in [1.807, 2.05) is 20.8 Å². The molecule has 0 amide bonds. The van der Waals surface area contributed by atoms with E-state index in [-0.39, 0.29) is 10.3 Å². The monoisotopic (exact) mass is 271 g/mol. The molecule has 1 heterocycles. The fourth-order valence-corrected chi connectivity index (χ4v) is 2.69. The van der Waals surface area contributed by atoms with Gasteiger partial charge in [-0.15, -0.1) is 0 Å². The van der Waals surface area contributed by atoms with Crippen LogP contribution >= 0.6 is 0 Å². The number of hydrogen-bond donors (Lipinski definition) is 2. The molecule has 0 aliphatic carbocycles. The molecule has 1 aromatic rings. The Morgan fingerprint density at radius 1 is 1.39 bits per heavy atom. The van der Waals surface area contributed by atoms with E-state index in [2.05, 4.69) is 15.0 Å². The van der Waals surface area contributed by atoms with Gasteiger partial charge in [0.15, 0.2) is 0 Å². The molecule has 102 valence electrons. The molecule has 0 spiro atoms. The number of nitrogens with zero attached hydrogens (tertiary/aromatic N) is 1. The smallest absolute Gasteiger partial charge is 0.244 e. The predicted molar refractivity (Wildman–Crippen MR) is 73.0 cm³/mol. The van der Waals surface area contributed by atoms with Gasteiger partial charge in [0.1, 0.15) is 4.90 Å². The van der Waals surface area contributed by atoms with Gasteiger partial charge in [-0.3, -0.25) is 4.98 Å². The van der Waals surface area contributed by atoms with Crippen molar-refractivity contribution >= 4 is 15.7 Å². The summed E-state index contributed by atoms with van der Waals surface area (Å²) < 4.78 is 27.0. The summed E-state index contributed by atoms with van der Waals surface area (Å²) in [5, 5.41) is 2.85. The average Bonchev–Trinajstić information content (AvgIpc) is 2.37. The molecule has 0 unspecified atom stereocenters. The van der Waals surface area contributed by atoms with E-state index >= 15 is 0 Å². The van der Waals surface area contributed by atoms with Gasteiger partial charge in [-0.2, -0.15) is 0 Å². The Hall–Kier alpha value is -1.14. The Bertz CT molecular complexity index is 498. The largest absolute Gasteiger partial charge is 0.387 e. The lowest BCUT2D eigenvalue weighted by atomic mass is 9.91. The second-order valence-corrected chi connectivity index (χ2v) is 6.70. The van der Waals surface area contributed by atoms with Crippen LogP contribution in [-0.2, 0) is 10.0 Å². The molecule has 0 saturated carbocycles. The molecule has 18 heavy (non-hydrogen) atoms. The second kappa shape index (κ2) is 5.67. The van der Waals surface area contributed by atoms with Gasteiger partial charge >= 0.3 is 0 Å². The van der Waals surface area contributed by atoms with E-state index in [1.54, 1.807) is 19.3 Å². The van der Waals surface area contributed by atoms with Gasteiger partial charge in [0.05, 0.1) is 5.69 Å². The number of aromatic nitrogens is 1. The Morgan fingerprint density at radius 3 is 2.61 bits per heavy atom. The topological polar surface area (TPSA) is 71.1 Å². The predicted octanol–water partition coefficient (Wildman–Crippen LogP) is 1.84. The van der Waals surface area contributed by atoms with Crippen molar-refractivity contribution in [2.75, 3.05) is 18.9 Å². The number of rotatable bonds is 6. The third kappa shape index (κ3) is 3.68. The maximum Gasteiger partial charge on any atom is 0.244 e. The second-order valence-electron chi connectivity index (χ2n) is 4.96. The average molecular weight is 271 g/mol. The first-order valence-corrected chi connectivity index (χ1v) is 7.42. The van der Waals surface area contributed by atoms with Crippen molar-refractivity contribution in [1.29, 1.82) is 0 Å². The third-order valence-corrected chi connectivity index (χ3v) is 4.47. The van der Waals surface area contributed by atoms with Crippen LogP contribution in [0.2, 0.25) is 0 Å². The van der Waals surface area contributed by atoms with E-state index in [0.717, 1.165) is 6.42 Å². The summed E-state index contributed by atoms with van der Waals surface area (Å²) in [5.74, 6) is 0. The highest BCUT2D eigenvalue weighted by molar-refractivity contribution is 7.89. The minimum Gasteiger partial charge on any atom is -0.387 e. The molecule has 0 saturated heterocycles. The van der Waals surface area contributed by atoms with Crippen molar-refractivity contribution in [3.8, 4) is 0 Å². The minimum absolute atomic E-state index is 0.0604. The first-order valence-electron chi connectivity index (χ1n) is 5.94. The standard InChI is InChI=1S/C12H21N3O2S/c1-5-12(2,3)9-15-18(16,17)11-8-14-7-6-10(11)13-4/h6-8,15H,5,9H2,1-4H3,(H,13,14). The Morgan fingerprint density at radius 2 is 2.06 bits per heavy atom. The molecule has 0 aromatic carbocycles. The quantitative estimate of drug-likeness (QED) is 0.828. The summed E-state index contributed by atoms with van der Waals surface area (Å²) in [6.07, 6.45) is 3.81. The highest BCUT2D eigenvalue weighted by Crippen LogP contribution is 2.22.